The minimum absolute atomic E-state index is 0.770. The van der Waals surface area contributed by atoms with Gasteiger partial charge in [-0.3, -0.25) is 4.52 Å². The number of benzene rings is 2. The molecule has 2 aromatic carbocycles. The third-order valence-electron chi connectivity index (χ3n) is 3.68. The van der Waals surface area contributed by atoms with Gasteiger partial charge in [-0.15, -0.1) is 5.10 Å². The molecule has 0 aromatic heterocycles. The van der Waals surface area contributed by atoms with Crippen LogP contribution in [0.1, 0.15) is 11.1 Å². The molecule has 5 nitrogen and oxygen atoms in total. The molecule has 0 saturated carbocycles. The zero-order valence-corrected chi connectivity index (χ0v) is 17.3. The molecule has 138 valence electrons. The van der Waals surface area contributed by atoms with Gasteiger partial charge in [-0.2, -0.15) is 0 Å². The highest BCUT2D eigenvalue weighted by Crippen LogP contribution is 2.30. The SMILES string of the molecule is COc1ccc(/C=N/N(C)[P+](=S)Oc2ccc(CCN(C)C)cc2)cc1. The molecule has 0 radical (unpaired) electrons. The second kappa shape index (κ2) is 10.2. The Kier molecular flexibility index (Phi) is 7.98. The van der Waals surface area contributed by atoms with Gasteiger partial charge in [-0.05, 0) is 68.0 Å². The van der Waals surface area contributed by atoms with Gasteiger partial charge in [0.25, 0.3) is 0 Å². The summed E-state index contributed by atoms with van der Waals surface area (Å²) in [6, 6.07) is 15.8. The molecule has 2 aromatic rings. The van der Waals surface area contributed by atoms with Crippen molar-refractivity contribution in [2.75, 3.05) is 34.8 Å². The van der Waals surface area contributed by atoms with Crippen molar-refractivity contribution < 1.29 is 9.26 Å². The Morgan fingerprint density at radius 2 is 1.62 bits per heavy atom. The summed E-state index contributed by atoms with van der Waals surface area (Å²) < 4.78 is 12.7. The summed E-state index contributed by atoms with van der Waals surface area (Å²) in [6.45, 7) is 1.02. The molecule has 0 fully saturated rings. The highest BCUT2D eigenvalue weighted by Gasteiger charge is 2.20. The summed E-state index contributed by atoms with van der Waals surface area (Å²) in [6.07, 6.45) is 2.77. The van der Waals surface area contributed by atoms with Gasteiger partial charge in [-0.25, -0.2) is 0 Å². The van der Waals surface area contributed by atoms with E-state index in [1.165, 1.54) is 5.56 Å². The fourth-order valence-electron chi connectivity index (χ4n) is 2.10. The number of hydrazone groups is 1. The Labute approximate surface area is 161 Å². The molecule has 1 unspecified atom stereocenters. The van der Waals surface area contributed by atoms with Crippen molar-refractivity contribution in [3.63, 3.8) is 0 Å². The van der Waals surface area contributed by atoms with E-state index in [1.807, 2.05) is 43.4 Å². The molecule has 0 heterocycles. The normalized spacial score (nSPS) is 11.7. The third-order valence-corrected chi connectivity index (χ3v) is 5.56. The van der Waals surface area contributed by atoms with Crippen molar-refractivity contribution >= 4 is 25.1 Å². The quantitative estimate of drug-likeness (QED) is 0.369. The molecular weight excluding hydrogens is 365 g/mol. The number of hydrogen-bond donors (Lipinski definition) is 0. The zero-order valence-electron chi connectivity index (χ0n) is 15.6. The average molecular weight is 390 g/mol. The first-order valence-electron chi connectivity index (χ1n) is 8.28. The number of methoxy groups -OCH3 is 1. The van der Waals surface area contributed by atoms with Crippen molar-refractivity contribution in [1.82, 2.24) is 9.68 Å². The van der Waals surface area contributed by atoms with Crippen LogP contribution >= 0.6 is 7.07 Å². The van der Waals surface area contributed by atoms with E-state index in [9.17, 15) is 0 Å². The Balaban J connectivity index is 1.88. The maximum Gasteiger partial charge on any atom is 0.540 e. The van der Waals surface area contributed by atoms with Crippen LogP contribution in [-0.2, 0) is 18.2 Å². The number of nitrogens with zero attached hydrogens (tertiary/aromatic N) is 3. The summed E-state index contributed by atoms with van der Waals surface area (Å²) in [5, 5.41) is 4.37. The predicted molar refractivity (Wildman–Crippen MR) is 112 cm³/mol. The lowest BCUT2D eigenvalue weighted by Crippen LogP contribution is -2.14. The van der Waals surface area contributed by atoms with Crippen molar-refractivity contribution in [2.45, 2.75) is 6.42 Å². The number of hydrogen-bond acceptors (Lipinski definition) is 5. The van der Waals surface area contributed by atoms with Crippen LogP contribution in [0.15, 0.2) is 53.6 Å². The molecule has 0 aliphatic carbocycles. The monoisotopic (exact) mass is 390 g/mol. The maximum atomic E-state index is 5.84. The van der Waals surface area contributed by atoms with Gasteiger partial charge in [0.2, 0.25) is 11.8 Å². The molecule has 0 N–H and O–H groups in total. The highest BCUT2D eigenvalue weighted by molar-refractivity contribution is 8.02. The lowest BCUT2D eigenvalue weighted by Gasteiger charge is -2.09. The van der Waals surface area contributed by atoms with Crippen molar-refractivity contribution in [2.24, 2.45) is 5.10 Å². The van der Waals surface area contributed by atoms with E-state index in [-0.39, 0.29) is 0 Å². The molecule has 1 atom stereocenters. The summed E-state index contributed by atoms with van der Waals surface area (Å²) in [7, 11) is 6.35. The largest absolute Gasteiger partial charge is 0.540 e. The Morgan fingerprint density at radius 3 is 2.19 bits per heavy atom. The van der Waals surface area contributed by atoms with Gasteiger partial charge in [-0.1, -0.05) is 16.9 Å². The predicted octanol–water partition coefficient (Wildman–Crippen LogP) is 3.92. The zero-order chi connectivity index (χ0) is 18.9. The van der Waals surface area contributed by atoms with Crippen molar-refractivity contribution in [3.8, 4) is 11.5 Å². The number of rotatable bonds is 9. The van der Waals surface area contributed by atoms with Crippen LogP contribution in [-0.4, -0.2) is 50.7 Å². The molecular formula is C19H25N3O2PS+. The van der Waals surface area contributed by atoms with Gasteiger partial charge >= 0.3 is 7.07 Å². The van der Waals surface area contributed by atoms with Gasteiger partial charge in [0, 0.05) is 6.54 Å². The fraction of sp³-hybridized carbons (Fsp3) is 0.316. The van der Waals surface area contributed by atoms with E-state index < -0.39 is 7.07 Å². The first-order valence-corrected chi connectivity index (χ1v) is 10.5. The van der Waals surface area contributed by atoms with Crippen molar-refractivity contribution in [1.29, 1.82) is 0 Å². The minimum atomic E-state index is -1.27. The highest BCUT2D eigenvalue weighted by atomic mass is 32.4. The van der Waals surface area contributed by atoms with Crippen LogP contribution in [0.2, 0.25) is 0 Å². The molecule has 7 heteroatoms. The first kappa shape index (κ1) is 20.3. The summed E-state index contributed by atoms with van der Waals surface area (Å²) in [5.41, 5.74) is 2.26. The second-order valence-corrected chi connectivity index (χ2v) is 8.21. The van der Waals surface area contributed by atoms with Crippen LogP contribution in [0, 0.1) is 0 Å². The molecule has 0 bridgehead atoms. The van der Waals surface area contributed by atoms with E-state index >= 15 is 0 Å². The molecule has 0 amide bonds. The van der Waals surface area contributed by atoms with Crippen LogP contribution in [0.3, 0.4) is 0 Å². The molecule has 0 spiro atoms. The van der Waals surface area contributed by atoms with Gasteiger partial charge in [0.1, 0.15) is 5.75 Å². The average Bonchev–Trinajstić information content (AvgIpc) is 2.65. The van der Waals surface area contributed by atoms with Gasteiger partial charge in [0.05, 0.1) is 20.4 Å². The van der Waals surface area contributed by atoms with E-state index in [2.05, 4.69) is 36.2 Å². The molecule has 0 saturated heterocycles. The molecule has 2 rings (SSSR count). The Bertz CT molecular complexity index is 733. The molecule has 0 aliphatic rings. The molecule has 0 aliphatic heterocycles. The van der Waals surface area contributed by atoms with E-state index in [4.69, 9.17) is 21.1 Å². The van der Waals surface area contributed by atoms with Crippen LogP contribution in [0.25, 0.3) is 0 Å². The summed E-state index contributed by atoms with van der Waals surface area (Å²) in [5.74, 6) is 1.59. The number of likely N-dealkylation sites (N-methyl/N-ethyl adjacent to an activating group) is 1. The van der Waals surface area contributed by atoms with Gasteiger partial charge in [0.15, 0.2) is 5.75 Å². The summed E-state index contributed by atoms with van der Waals surface area (Å²) >= 11 is 5.44. The van der Waals surface area contributed by atoms with Crippen LogP contribution in [0.4, 0.5) is 0 Å². The topological polar surface area (TPSA) is 37.3 Å². The van der Waals surface area contributed by atoms with Gasteiger partial charge < -0.3 is 9.64 Å². The van der Waals surface area contributed by atoms with E-state index in [0.717, 1.165) is 30.0 Å². The Morgan fingerprint density at radius 1 is 1.00 bits per heavy atom. The minimum Gasteiger partial charge on any atom is -0.497 e. The summed E-state index contributed by atoms with van der Waals surface area (Å²) in [4.78, 5) is 2.17. The van der Waals surface area contributed by atoms with Crippen molar-refractivity contribution in [3.05, 3.63) is 59.7 Å². The van der Waals surface area contributed by atoms with Crippen LogP contribution in [0.5, 0.6) is 11.5 Å². The third kappa shape index (κ3) is 6.71. The maximum absolute atomic E-state index is 5.84. The van der Waals surface area contributed by atoms with E-state index in [0.29, 0.717) is 0 Å². The first-order chi connectivity index (χ1) is 12.5. The van der Waals surface area contributed by atoms with E-state index in [1.54, 1.807) is 18.1 Å². The van der Waals surface area contributed by atoms with Crippen LogP contribution < -0.4 is 9.26 Å². The smallest absolute Gasteiger partial charge is 0.497 e. The Hall–Kier alpha value is -2.01. The number of ether oxygens (including phenoxy) is 1. The lowest BCUT2D eigenvalue weighted by atomic mass is 10.1. The second-order valence-electron chi connectivity index (χ2n) is 6.03. The molecule has 26 heavy (non-hydrogen) atoms. The standard InChI is InChI=1S/C19H25N3O2PS/c1-21(2)14-13-16-5-11-19(12-6-16)24-25(26)22(3)20-15-17-7-9-18(23-4)10-8-17/h5-12,15H,13-14H2,1-4H3/q+1/b20-15+. The lowest BCUT2D eigenvalue weighted by molar-refractivity contribution is 0.413. The fourth-order valence-corrected chi connectivity index (χ4v) is 3.04.